The first-order valence-corrected chi connectivity index (χ1v) is 7.41. The third-order valence-corrected chi connectivity index (χ3v) is 4.09. The Morgan fingerprint density at radius 3 is 2.52 bits per heavy atom. The summed E-state index contributed by atoms with van der Waals surface area (Å²) in [5.41, 5.74) is 0.235. The lowest BCUT2D eigenvalue weighted by atomic mass is 10.2. The van der Waals surface area contributed by atoms with Crippen LogP contribution in [-0.2, 0) is 10.0 Å². The summed E-state index contributed by atoms with van der Waals surface area (Å²) in [7, 11) is -2.39. The molecular weight excluding hydrogens is 294 g/mol. The molecule has 0 unspecified atom stereocenters. The molecule has 0 saturated heterocycles. The van der Waals surface area contributed by atoms with Crippen LogP contribution in [0.15, 0.2) is 53.4 Å². The van der Waals surface area contributed by atoms with Gasteiger partial charge in [-0.2, -0.15) is 0 Å². The smallest absolute Gasteiger partial charge is 0.335 e. The summed E-state index contributed by atoms with van der Waals surface area (Å²) in [4.78, 5) is 10.8. The van der Waals surface area contributed by atoms with Gasteiger partial charge in [-0.25, -0.2) is 13.2 Å². The van der Waals surface area contributed by atoms with Gasteiger partial charge in [-0.1, -0.05) is 12.1 Å². The number of aromatic carboxylic acids is 1. The summed E-state index contributed by atoms with van der Waals surface area (Å²) in [6.45, 7) is 0. The maximum absolute atomic E-state index is 12.2. The van der Waals surface area contributed by atoms with E-state index in [1.165, 1.54) is 31.4 Å². The van der Waals surface area contributed by atoms with E-state index in [1.807, 2.05) is 0 Å². The Hall–Kier alpha value is -2.54. The monoisotopic (exact) mass is 307 g/mol. The second kappa shape index (κ2) is 5.84. The van der Waals surface area contributed by atoms with Crippen LogP contribution in [0.3, 0.4) is 0 Å². The topological polar surface area (TPSA) is 92.7 Å². The Labute approximate surface area is 122 Å². The predicted octanol–water partition coefficient (Wildman–Crippen LogP) is 2.19. The highest BCUT2D eigenvalue weighted by atomic mass is 32.2. The quantitative estimate of drug-likeness (QED) is 0.883. The molecular formula is C14H13NO5S. The summed E-state index contributed by atoms with van der Waals surface area (Å²) in [5, 5.41) is 8.90. The number of benzene rings is 2. The van der Waals surface area contributed by atoms with Crippen molar-refractivity contribution in [3.05, 3.63) is 54.1 Å². The Morgan fingerprint density at radius 1 is 1.14 bits per heavy atom. The number of carboxylic acid groups (broad SMARTS) is 1. The van der Waals surface area contributed by atoms with Crippen molar-refractivity contribution < 1.29 is 23.1 Å². The molecule has 0 aromatic heterocycles. The highest BCUT2D eigenvalue weighted by molar-refractivity contribution is 7.92. The maximum atomic E-state index is 12.2. The van der Waals surface area contributed by atoms with E-state index in [0.717, 1.165) is 6.07 Å². The molecule has 2 rings (SSSR count). The first-order valence-electron chi connectivity index (χ1n) is 5.92. The number of hydrogen-bond acceptors (Lipinski definition) is 4. The number of sulfonamides is 1. The zero-order valence-electron chi connectivity index (χ0n) is 11.1. The first kappa shape index (κ1) is 14.9. The lowest BCUT2D eigenvalue weighted by Crippen LogP contribution is -2.13. The van der Waals surface area contributed by atoms with Gasteiger partial charge in [0.25, 0.3) is 10.0 Å². The molecule has 110 valence electrons. The van der Waals surface area contributed by atoms with Gasteiger partial charge in [-0.15, -0.1) is 0 Å². The van der Waals surface area contributed by atoms with Gasteiger partial charge in [0, 0.05) is 6.07 Å². The number of carbonyl (C=O) groups is 1. The Kier molecular flexibility index (Phi) is 4.13. The van der Waals surface area contributed by atoms with Crippen molar-refractivity contribution in [1.82, 2.24) is 0 Å². The zero-order chi connectivity index (χ0) is 15.5. The molecule has 2 N–H and O–H groups in total. The standard InChI is InChI=1S/C14H13NO5S/c1-20-12-6-3-5-11(9-12)15-21(18,19)13-7-2-4-10(8-13)14(16)17/h2-9,15H,1H3,(H,16,17). The van der Waals surface area contributed by atoms with E-state index in [1.54, 1.807) is 18.2 Å². The largest absolute Gasteiger partial charge is 0.497 e. The summed E-state index contributed by atoms with van der Waals surface area (Å²) < 4.78 is 31.9. The van der Waals surface area contributed by atoms with Crippen molar-refractivity contribution in [2.24, 2.45) is 0 Å². The average Bonchev–Trinajstić information content (AvgIpc) is 2.47. The van der Waals surface area contributed by atoms with Crippen LogP contribution in [0.2, 0.25) is 0 Å². The van der Waals surface area contributed by atoms with Crippen LogP contribution in [0.25, 0.3) is 0 Å². The lowest BCUT2D eigenvalue weighted by Gasteiger charge is -2.09. The average molecular weight is 307 g/mol. The Balaban J connectivity index is 2.33. The van der Waals surface area contributed by atoms with E-state index in [9.17, 15) is 13.2 Å². The van der Waals surface area contributed by atoms with Crippen molar-refractivity contribution >= 4 is 21.7 Å². The number of anilines is 1. The Bertz CT molecular complexity index is 770. The van der Waals surface area contributed by atoms with E-state index in [0.29, 0.717) is 11.4 Å². The number of nitrogens with one attached hydrogen (secondary N) is 1. The molecule has 0 spiro atoms. The van der Waals surface area contributed by atoms with Crippen LogP contribution in [0, 0.1) is 0 Å². The fourth-order valence-corrected chi connectivity index (χ4v) is 2.79. The fraction of sp³-hybridized carbons (Fsp3) is 0.0714. The van der Waals surface area contributed by atoms with Crippen LogP contribution in [-0.4, -0.2) is 26.6 Å². The molecule has 21 heavy (non-hydrogen) atoms. The van der Waals surface area contributed by atoms with E-state index in [2.05, 4.69) is 4.72 Å². The summed E-state index contributed by atoms with van der Waals surface area (Å²) in [6, 6.07) is 11.6. The van der Waals surface area contributed by atoms with Gasteiger partial charge in [0.15, 0.2) is 0 Å². The van der Waals surface area contributed by atoms with Gasteiger partial charge in [-0.3, -0.25) is 4.72 Å². The number of hydrogen-bond donors (Lipinski definition) is 2. The van der Waals surface area contributed by atoms with Crippen LogP contribution in [0.4, 0.5) is 5.69 Å². The van der Waals surface area contributed by atoms with E-state index < -0.39 is 16.0 Å². The third kappa shape index (κ3) is 3.51. The Morgan fingerprint density at radius 2 is 1.86 bits per heavy atom. The van der Waals surface area contributed by atoms with E-state index >= 15 is 0 Å². The number of carboxylic acids is 1. The molecule has 0 aliphatic carbocycles. The molecule has 0 radical (unpaired) electrons. The molecule has 0 saturated carbocycles. The molecule has 0 heterocycles. The second-order valence-electron chi connectivity index (χ2n) is 4.17. The molecule has 0 aliphatic heterocycles. The van der Waals surface area contributed by atoms with Gasteiger partial charge < -0.3 is 9.84 Å². The highest BCUT2D eigenvalue weighted by Gasteiger charge is 2.16. The molecule has 0 amide bonds. The van der Waals surface area contributed by atoms with Crippen molar-refractivity contribution in [2.45, 2.75) is 4.90 Å². The molecule has 6 nitrogen and oxygen atoms in total. The van der Waals surface area contributed by atoms with Crippen molar-refractivity contribution in [1.29, 1.82) is 0 Å². The molecule has 0 fully saturated rings. The van der Waals surface area contributed by atoms with Crippen LogP contribution in [0.5, 0.6) is 5.75 Å². The van der Waals surface area contributed by atoms with Gasteiger partial charge in [0.2, 0.25) is 0 Å². The highest BCUT2D eigenvalue weighted by Crippen LogP contribution is 2.21. The van der Waals surface area contributed by atoms with Crippen LogP contribution < -0.4 is 9.46 Å². The van der Waals surface area contributed by atoms with Crippen molar-refractivity contribution in [2.75, 3.05) is 11.8 Å². The van der Waals surface area contributed by atoms with Crippen molar-refractivity contribution in [3.63, 3.8) is 0 Å². The second-order valence-corrected chi connectivity index (χ2v) is 5.85. The molecule has 0 atom stereocenters. The fourth-order valence-electron chi connectivity index (χ4n) is 1.70. The van der Waals surface area contributed by atoms with E-state index in [4.69, 9.17) is 9.84 Å². The molecule has 2 aromatic rings. The van der Waals surface area contributed by atoms with Gasteiger partial charge in [-0.05, 0) is 30.3 Å². The summed E-state index contributed by atoms with van der Waals surface area (Å²) in [5.74, 6) is -0.678. The predicted molar refractivity (Wildman–Crippen MR) is 77.2 cm³/mol. The SMILES string of the molecule is COc1cccc(NS(=O)(=O)c2cccc(C(=O)O)c2)c1. The summed E-state index contributed by atoms with van der Waals surface area (Å²) >= 11 is 0. The number of rotatable bonds is 5. The van der Waals surface area contributed by atoms with Crippen LogP contribution in [0.1, 0.15) is 10.4 Å². The van der Waals surface area contributed by atoms with E-state index in [-0.39, 0.29) is 10.5 Å². The zero-order valence-corrected chi connectivity index (χ0v) is 11.9. The minimum absolute atomic E-state index is 0.0940. The molecule has 2 aromatic carbocycles. The summed E-state index contributed by atoms with van der Waals surface area (Å²) in [6.07, 6.45) is 0. The number of ether oxygens (including phenoxy) is 1. The third-order valence-electron chi connectivity index (χ3n) is 2.71. The minimum atomic E-state index is -3.86. The lowest BCUT2D eigenvalue weighted by molar-refractivity contribution is 0.0696. The van der Waals surface area contributed by atoms with Crippen LogP contribution >= 0.6 is 0 Å². The maximum Gasteiger partial charge on any atom is 0.335 e. The van der Waals surface area contributed by atoms with Gasteiger partial charge in [0.1, 0.15) is 5.75 Å². The molecule has 7 heteroatoms. The number of methoxy groups -OCH3 is 1. The minimum Gasteiger partial charge on any atom is -0.497 e. The van der Waals surface area contributed by atoms with Crippen molar-refractivity contribution in [3.8, 4) is 5.75 Å². The first-order chi connectivity index (χ1) is 9.92. The molecule has 0 aliphatic rings. The normalized spacial score (nSPS) is 10.9. The van der Waals surface area contributed by atoms with Gasteiger partial charge >= 0.3 is 5.97 Å². The molecule has 0 bridgehead atoms. The van der Waals surface area contributed by atoms with Gasteiger partial charge in [0.05, 0.1) is 23.3 Å².